The van der Waals surface area contributed by atoms with Crippen molar-refractivity contribution < 1.29 is 44.7 Å². The Morgan fingerprint density at radius 2 is 1.33 bits per heavy atom. The molecule has 1 aliphatic carbocycles. The lowest BCUT2D eigenvalue weighted by Crippen LogP contribution is -2.50. The van der Waals surface area contributed by atoms with E-state index in [0.29, 0.717) is 22.1 Å². The SMILES string of the molecule is COc1ccc(NC(=S)NC2CCCCCCCC2)cc1C(C(=O)O)N1CCN(CC(=O)O)CCN(CC(=O)O)CCN(CC(O)O)CC1. The highest BCUT2D eigenvalue weighted by atomic mass is 32.1. The number of nitrogens with one attached hydrogen (secondary N) is 2. The molecular formula is C33H54N6O9S. The Morgan fingerprint density at radius 1 is 0.816 bits per heavy atom. The molecule has 1 aromatic carbocycles. The van der Waals surface area contributed by atoms with Gasteiger partial charge in [0.15, 0.2) is 11.4 Å². The molecule has 1 aromatic rings. The van der Waals surface area contributed by atoms with Gasteiger partial charge in [-0.25, -0.2) is 0 Å². The highest BCUT2D eigenvalue weighted by Gasteiger charge is 2.32. The Kier molecular flexibility index (Phi) is 17.4. The molecule has 1 saturated carbocycles. The van der Waals surface area contributed by atoms with Gasteiger partial charge < -0.3 is 40.9 Å². The third-order valence-corrected chi connectivity index (χ3v) is 9.30. The molecule has 7 N–H and O–H groups in total. The van der Waals surface area contributed by atoms with Crippen LogP contribution in [0.25, 0.3) is 0 Å². The molecule has 1 saturated heterocycles. The molecule has 1 atom stereocenters. The molecular weight excluding hydrogens is 656 g/mol. The minimum absolute atomic E-state index is 0.119. The topological polar surface area (TPSA) is 199 Å². The zero-order valence-corrected chi connectivity index (χ0v) is 29.3. The number of anilines is 1. The van der Waals surface area contributed by atoms with Gasteiger partial charge in [0.1, 0.15) is 11.8 Å². The second kappa shape index (κ2) is 21.2. The summed E-state index contributed by atoms with van der Waals surface area (Å²) in [5, 5.41) is 56.4. The lowest BCUT2D eigenvalue weighted by atomic mass is 10.0. The van der Waals surface area contributed by atoms with Gasteiger partial charge in [-0.05, 0) is 43.3 Å². The van der Waals surface area contributed by atoms with Crippen molar-refractivity contribution >= 4 is 40.9 Å². The number of methoxy groups -OCH3 is 1. The van der Waals surface area contributed by atoms with Gasteiger partial charge in [-0.2, -0.15) is 0 Å². The quantitative estimate of drug-likeness (QED) is 0.121. The summed E-state index contributed by atoms with van der Waals surface area (Å²) in [4.78, 5) is 43.1. The summed E-state index contributed by atoms with van der Waals surface area (Å²) in [5.41, 5.74) is 0.969. The van der Waals surface area contributed by atoms with Gasteiger partial charge in [-0.1, -0.05) is 38.5 Å². The Morgan fingerprint density at radius 3 is 1.84 bits per heavy atom. The van der Waals surface area contributed by atoms with Crippen molar-refractivity contribution in [1.29, 1.82) is 0 Å². The molecule has 0 aromatic heterocycles. The first-order chi connectivity index (χ1) is 23.4. The highest BCUT2D eigenvalue weighted by molar-refractivity contribution is 7.80. The number of thiocarbonyl (C=S) groups is 1. The number of benzene rings is 1. The van der Waals surface area contributed by atoms with Crippen LogP contribution in [-0.4, -0.2) is 160 Å². The predicted octanol–water partition coefficient (Wildman–Crippen LogP) is 1.31. The molecule has 16 heteroatoms. The molecule has 0 radical (unpaired) electrons. The van der Waals surface area contributed by atoms with E-state index in [9.17, 15) is 39.9 Å². The minimum Gasteiger partial charge on any atom is -0.496 e. The zero-order valence-electron chi connectivity index (χ0n) is 28.5. The third kappa shape index (κ3) is 14.7. The van der Waals surface area contributed by atoms with Crippen LogP contribution in [0.2, 0.25) is 0 Å². The summed E-state index contributed by atoms with van der Waals surface area (Å²) in [6, 6.07) is 4.23. The maximum atomic E-state index is 13.1. The number of hydrogen-bond acceptors (Lipinski definition) is 11. The van der Waals surface area contributed by atoms with E-state index in [2.05, 4.69) is 10.6 Å². The molecule has 3 rings (SSSR count). The first kappa shape index (κ1) is 40.3. The Balaban J connectivity index is 1.88. The van der Waals surface area contributed by atoms with Crippen molar-refractivity contribution in [2.24, 2.45) is 0 Å². The average Bonchev–Trinajstić information content (AvgIpc) is 3.15. The summed E-state index contributed by atoms with van der Waals surface area (Å²) in [6.45, 7) is 1.12. The van der Waals surface area contributed by atoms with Gasteiger partial charge >= 0.3 is 17.9 Å². The molecule has 49 heavy (non-hydrogen) atoms. The Bertz CT molecular complexity index is 1220. The summed E-state index contributed by atoms with van der Waals surface area (Å²) < 4.78 is 5.63. The van der Waals surface area contributed by atoms with Crippen LogP contribution in [0.1, 0.15) is 63.0 Å². The van der Waals surface area contributed by atoms with Gasteiger partial charge in [0.05, 0.1) is 20.2 Å². The minimum atomic E-state index is -1.65. The summed E-state index contributed by atoms with van der Waals surface area (Å²) in [7, 11) is 1.46. The van der Waals surface area contributed by atoms with Crippen LogP contribution in [0.5, 0.6) is 5.75 Å². The predicted molar refractivity (Wildman–Crippen MR) is 188 cm³/mol. The van der Waals surface area contributed by atoms with E-state index in [-0.39, 0.29) is 78.0 Å². The molecule has 0 bridgehead atoms. The zero-order chi connectivity index (χ0) is 35.8. The molecule has 0 amide bonds. The molecule has 2 aliphatic rings. The summed E-state index contributed by atoms with van der Waals surface area (Å²) >= 11 is 5.67. The van der Waals surface area contributed by atoms with Crippen molar-refractivity contribution in [1.82, 2.24) is 24.9 Å². The molecule has 1 aliphatic heterocycles. The Labute approximate surface area is 293 Å². The first-order valence-corrected chi connectivity index (χ1v) is 17.5. The summed E-state index contributed by atoms with van der Waals surface area (Å²) in [5.74, 6) is -2.87. The van der Waals surface area contributed by atoms with Crippen LogP contribution in [0.15, 0.2) is 18.2 Å². The lowest BCUT2D eigenvalue weighted by molar-refractivity contribution is -0.144. The molecule has 0 spiro atoms. The lowest BCUT2D eigenvalue weighted by Gasteiger charge is -2.36. The van der Waals surface area contributed by atoms with Gasteiger partial charge in [-0.3, -0.25) is 34.0 Å². The number of carbonyl (C=O) groups is 3. The number of aliphatic carboxylic acids is 3. The van der Waals surface area contributed by atoms with Crippen molar-refractivity contribution in [3.05, 3.63) is 23.8 Å². The molecule has 15 nitrogen and oxygen atoms in total. The van der Waals surface area contributed by atoms with E-state index in [4.69, 9.17) is 17.0 Å². The van der Waals surface area contributed by atoms with E-state index >= 15 is 0 Å². The fourth-order valence-corrected chi connectivity index (χ4v) is 6.85. The van der Waals surface area contributed by atoms with Crippen LogP contribution in [0.4, 0.5) is 5.69 Å². The van der Waals surface area contributed by atoms with E-state index in [0.717, 1.165) is 25.7 Å². The number of ether oxygens (including phenoxy) is 1. The second-order valence-electron chi connectivity index (χ2n) is 12.8. The van der Waals surface area contributed by atoms with E-state index < -0.39 is 30.2 Å². The van der Waals surface area contributed by atoms with Crippen LogP contribution in [-0.2, 0) is 14.4 Å². The van der Waals surface area contributed by atoms with E-state index in [1.54, 1.807) is 37.8 Å². The average molecular weight is 711 g/mol. The Hall–Kier alpha value is -3.12. The number of carboxylic acid groups (broad SMARTS) is 3. The van der Waals surface area contributed by atoms with Crippen molar-refractivity contribution in [3.63, 3.8) is 0 Å². The largest absolute Gasteiger partial charge is 0.496 e. The molecule has 2 fully saturated rings. The van der Waals surface area contributed by atoms with E-state index in [1.807, 2.05) is 0 Å². The van der Waals surface area contributed by atoms with Crippen molar-refractivity contribution in [2.45, 2.75) is 69.7 Å². The fraction of sp³-hybridized carbons (Fsp3) is 0.697. The molecule has 1 unspecified atom stereocenters. The number of nitrogens with zero attached hydrogens (tertiary/aromatic N) is 4. The fourth-order valence-electron chi connectivity index (χ4n) is 6.56. The first-order valence-electron chi connectivity index (χ1n) is 17.1. The number of aliphatic hydroxyl groups excluding tert-OH is 1. The van der Waals surface area contributed by atoms with Crippen LogP contribution in [0, 0.1) is 0 Å². The maximum Gasteiger partial charge on any atom is 0.325 e. The summed E-state index contributed by atoms with van der Waals surface area (Å²) in [6.07, 6.45) is 7.64. The maximum absolute atomic E-state index is 13.1. The number of carboxylic acids is 3. The van der Waals surface area contributed by atoms with Crippen LogP contribution < -0.4 is 15.4 Å². The number of β-amino-alcohol motifs (C(OH)–C–C–N with tert-alkyl or cyclic N) is 2. The van der Waals surface area contributed by atoms with Crippen molar-refractivity contribution in [2.75, 3.05) is 84.4 Å². The standard InChI is InChI=1S/C33H54N6O9S/c1-48-27-11-10-25(35-33(49)34-24-8-6-4-2-3-5-7-9-24)20-26(27)31(32(46)47)39-18-16-37(22-29(42)43)14-12-36(21-28(40)41)13-15-38(17-19-39)23-30(44)45/h10-11,20,24,29,31,42-43H,2-9,12-19,21-23H2,1H3,(H,40,41)(H,44,45)(H,46,47)(H2,34,35,49). The van der Waals surface area contributed by atoms with E-state index in [1.165, 1.54) is 32.8 Å². The third-order valence-electron chi connectivity index (χ3n) is 9.08. The number of rotatable bonds is 12. The monoisotopic (exact) mass is 710 g/mol. The van der Waals surface area contributed by atoms with Crippen LogP contribution in [0.3, 0.4) is 0 Å². The second-order valence-corrected chi connectivity index (χ2v) is 13.3. The number of hydrogen-bond donors (Lipinski definition) is 7. The molecule has 1 heterocycles. The van der Waals surface area contributed by atoms with Crippen LogP contribution >= 0.6 is 12.2 Å². The van der Waals surface area contributed by atoms with Gasteiger partial charge in [0, 0.05) is 76.2 Å². The number of aliphatic hydroxyl groups is 2. The normalized spacial score (nSPS) is 19.8. The smallest absolute Gasteiger partial charge is 0.325 e. The van der Waals surface area contributed by atoms with Crippen molar-refractivity contribution in [3.8, 4) is 5.75 Å². The van der Waals surface area contributed by atoms with Gasteiger partial charge in [-0.15, -0.1) is 0 Å². The highest BCUT2D eigenvalue weighted by Crippen LogP contribution is 2.33. The van der Waals surface area contributed by atoms with Gasteiger partial charge in [0.2, 0.25) is 0 Å². The van der Waals surface area contributed by atoms with Gasteiger partial charge in [0.25, 0.3) is 0 Å². The molecule has 276 valence electrons.